The topological polar surface area (TPSA) is 11.4 Å². The lowest BCUT2D eigenvalue weighted by Gasteiger charge is -2.28. The van der Waals surface area contributed by atoms with Gasteiger partial charge in [0.15, 0.2) is 0 Å². The van der Waals surface area contributed by atoms with E-state index >= 15 is 0 Å². The quantitative estimate of drug-likeness (QED) is 0.142. The summed E-state index contributed by atoms with van der Waals surface area (Å²) in [4.78, 5) is 4.80. The van der Waals surface area contributed by atoms with Crippen LogP contribution in [-0.2, 0) is 0 Å². The van der Waals surface area contributed by atoms with Gasteiger partial charge in [-0.15, -0.1) is 0 Å². The van der Waals surface area contributed by atoms with Crippen molar-refractivity contribution in [3.63, 3.8) is 0 Å². The molecule has 0 saturated heterocycles. The minimum Gasteiger partial charge on any atom is -0.310 e. The summed E-state index contributed by atoms with van der Waals surface area (Å²) in [6.07, 6.45) is 0. The van der Waals surface area contributed by atoms with Crippen LogP contribution in [0.2, 0.25) is 0 Å². The second-order valence-electron chi connectivity index (χ2n) is 16.1. The van der Waals surface area contributed by atoms with Gasteiger partial charge in [0, 0.05) is 50.0 Å². The summed E-state index contributed by atoms with van der Waals surface area (Å²) in [6.45, 7) is 0. The lowest BCUT2D eigenvalue weighted by molar-refractivity contribution is 1.18. The Morgan fingerprint density at radius 1 is 0.270 bits per heavy atom. The van der Waals surface area contributed by atoms with Gasteiger partial charge in [0.25, 0.3) is 0 Å². The van der Waals surface area contributed by atoms with Crippen molar-refractivity contribution in [2.75, 3.05) is 9.80 Å². The number of para-hydroxylation sites is 5. The molecule has 12 aromatic rings. The predicted octanol–water partition coefficient (Wildman–Crippen LogP) is 16.8. The van der Waals surface area contributed by atoms with Crippen LogP contribution in [0.1, 0.15) is 0 Å². The van der Waals surface area contributed by atoms with Crippen molar-refractivity contribution in [2.45, 2.75) is 0 Å². The maximum absolute atomic E-state index is 2.42. The van der Waals surface area contributed by atoms with Crippen molar-refractivity contribution >= 4 is 88.2 Å². The van der Waals surface area contributed by atoms with Crippen molar-refractivity contribution in [1.82, 2.24) is 4.57 Å². The summed E-state index contributed by atoms with van der Waals surface area (Å²) in [5.74, 6) is 0. The highest BCUT2D eigenvalue weighted by molar-refractivity contribution is 6.17. The molecule has 0 unspecified atom stereocenters. The van der Waals surface area contributed by atoms with E-state index in [2.05, 4.69) is 263 Å². The van der Waals surface area contributed by atoms with E-state index in [0.717, 1.165) is 39.8 Å². The minimum atomic E-state index is 1.10. The summed E-state index contributed by atoms with van der Waals surface area (Å²) < 4.78 is 2.40. The second-order valence-corrected chi connectivity index (χ2v) is 16.1. The number of rotatable bonds is 8. The molecule has 0 fully saturated rings. The molecule has 1 aromatic heterocycles. The summed E-state index contributed by atoms with van der Waals surface area (Å²) in [6, 6.07) is 90.2. The number of benzene rings is 11. The molecule has 12 rings (SSSR count). The van der Waals surface area contributed by atoms with Gasteiger partial charge in [-0.2, -0.15) is 0 Å². The van der Waals surface area contributed by atoms with Crippen LogP contribution in [0.15, 0.2) is 249 Å². The zero-order valence-electron chi connectivity index (χ0n) is 34.5. The standard InChI is InChI=1S/C60H41N3/c1-5-20-44(21-6-1)61(45-22-7-2-8-23-45)59-40-42-19-13-14-28-49(42)56-39-43(33-35-55(56)59)50-37-38-58(52-30-16-15-29-51(50)52)62(46-24-9-3-10-25-46)48-34-36-54-53-31-17-18-32-57(53)63(60(54)41-48)47-26-11-4-12-27-47/h1-41H. The Balaban J connectivity index is 1.05. The third-order valence-corrected chi connectivity index (χ3v) is 12.5. The molecule has 0 radical (unpaired) electrons. The Morgan fingerprint density at radius 3 is 1.46 bits per heavy atom. The van der Waals surface area contributed by atoms with E-state index in [9.17, 15) is 0 Å². The van der Waals surface area contributed by atoms with E-state index in [1.807, 2.05) is 0 Å². The van der Waals surface area contributed by atoms with Gasteiger partial charge in [0.1, 0.15) is 0 Å². The third-order valence-electron chi connectivity index (χ3n) is 12.5. The Morgan fingerprint density at radius 2 is 0.778 bits per heavy atom. The zero-order chi connectivity index (χ0) is 41.7. The molecule has 11 aromatic carbocycles. The van der Waals surface area contributed by atoms with Gasteiger partial charge in [-0.3, -0.25) is 0 Å². The van der Waals surface area contributed by atoms with Crippen LogP contribution in [0.25, 0.3) is 70.9 Å². The van der Waals surface area contributed by atoms with E-state index in [0.29, 0.717) is 0 Å². The first kappa shape index (κ1) is 36.5. The van der Waals surface area contributed by atoms with E-state index in [1.165, 1.54) is 65.3 Å². The summed E-state index contributed by atoms with van der Waals surface area (Å²) >= 11 is 0. The summed E-state index contributed by atoms with van der Waals surface area (Å²) in [5.41, 5.74) is 12.6. The zero-order valence-corrected chi connectivity index (χ0v) is 34.5. The molecule has 63 heavy (non-hydrogen) atoms. The number of hydrogen-bond acceptors (Lipinski definition) is 2. The summed E-state index contributed by atoms with van der Waals surface area (Å²) in [7, 11) is 0. The molecule has 1 heterocycles. The molecule has 0 aliphatic carbocycles. The van der Waals surface area contributed by atoms with Gasteiger partial charge in [0.2, 0.25) is 0 Å². The Hall–Kier alpha value is -8.40. The molecule has 0 N–H and O–H groups in total. The smallest absolute Gasteiger partial charge is 0.0561 e. The molecule has 0 amide bonds. The second kappa shape index (κ2) is 15.3. The molecule has 0 aliphatic rings. The van der Waals surface area contributed by atoms with Crippen molar-refractivity contribution in [2.24, 2.45) is 0 Å². The number of anilines is 6. The number of aromatic nitrogens is 1. The maximum atomic E-state index is 2.42. The average molecular weight is 804 g/mol. The molecular weight excluding hydrogens is 763 g/mol. The van der Waals surface area contributed by atoms with Gasteiger partial charge in [-0.1, -0.05) is 164 Å². The molecular formula is C60H41N3. The van der Waals surface area contributed by atoms with Gasteiger partial charge in [-0.25, -0.2) is 0 Å². The molecule has 0 aliphatic heterocycles. The van der Waals surface area contributed by atoms with Crippen molar-refractivity contribution in [3.8, 4) is 16.8 Å². The average Bonchev–Trinajstić information content (AvgIpc) is 3.69. The largest absolute Gasteiger partial charge is 0.310 e. The van der Waals surface area contributed by atoms with Gasteiger partial charge in [-0.05, 0) is 118 Å². The highest BCUT2D eigenvalue weighted by Gasteiger charge is 2.22. The Kier molecular flexibility index (Phi) is 8.83. The minimum absolute atomic E-state index is 1.10. The first-order chi connectivity index (χ1) is 31.3. The predicted molar refractivity (Wildman–Crippen MR) is 268 cm³/mol. The molecule has 3 nitrogen and oxygen atoms in total. The van der Waals surface area contributed by atoms with Gasteiger partial charge < -0.3 is 14.4 Å². The Labute approximate surface area is 366 Å². The van der Waals surface area contributed by atoms with E-state index < -0.39 is 0 Å². The Bertz CT molecular complexity index is 3580. The molecule has 0 spiro atoms. The number of fused-ring (bicyclic) bond motifs is 7. The van der Waals surface area contributed by atoms with E-state index in [-0.39, 0.29) is 0 Å². The molecule has 296 valence electrons. The van der Waals surface area contributed by atoms with E-state index in [1.54, 1.807) is 0 Å². The molecule has 3 heteroatoms. The fourth-order valence-corrected chi connectivity index (χ4v) is 9.71. The van der Waals surface area contributed by atoms with Crippen LogP contribution in [0.3, 0.4) is 0 Å². The van der Waals surface area contributed by atoms with Crippen molar-refractivity contribution in [3.05, 3.63) is 249 Å². The molecule has 0 atom stereocenters. The van der Waals surface area contributed by atoms with Crippen LogP contribution >= 0.6 is 0 Å². The summed E-state index contributed by atoms with van der Waals surface area (Å²) in [5, 5.41) is 9.71. The lowest BCUT2D eigenvalue weighted by Crippen LogP contribution is -2.11. The van der Waals surface area contributed by atoms with E-state index in [4.69, 9.17) is 0 Å². The fourth-order valence-electron chi connectivity index (χ4n) is 9.71. The molecule has 0 saturated carbocycles. The molecule has 0 bridgehead atoms. The maximum Gasteiger partial charge on any atom is 0.0561 e. The SMILES string of the molecule is c1ccc(N(c2ccc3c4ccccc4n(-c4ccccc4)c3c2)c2ccc(-c3ccc4c(N(c5ccccc5)c5ccccc5)cc5ccccc5c4c3)c3ccccc23)cc1. The van der Waals surface area contributed by atoms with Crippen molar-refractivity contribution < 1.29 is 0 Å². The first-order valence-corrected chi connectivity index (χ1v) is 21.6. The van der Waals surface area contributed by atoms with Crippen LogP contribution in [0, 0.1) is 0 Å². The van der Waals surface area contributed by atoms with Crippen LogP contribution in [0.5, 0.6) is 0 Å². The highest BCUT2D eigenvalue weighted by Crippen LogP contribution is 2.46. The third kappa shape index (κ3) is 6.21. The van der Waals surface area contributed by atoms with Crippen molar-refractivity contribution in [1.29, 1.82) is 0 Å². The van der Waals surface area contributed by atoms with Gasteiger partial charge >= 0.3 is 0 Å². The highest BCUT2D eigenvalue weighted by atomic mass is 15.2. The van der Waals surface area contributed by atoms with Crippen LogP contribution in [-0.4, -0.2) is 4.57 Å². The fraction of sp³-hybridized carbons (Fsp3) is 0. The van der Waals surface area contributed by atoms with Gasteiger partial charge in [0.05, 0.1) is 22.4 Å². The number of nitrogens with zero attached hydrogens (tertiary/aromatic N) is 3. The monoisotopic (exact) mass is 803 g/mol. The lowest BCUT2D eigenvalue weighted by atomic mass is 9.92. The van der Waals surface area contributed by atoms with Crippen LogP contribution in [0.4, 0.5) is 34.1 Å². The number of hydrogen-bond donors (Lipinski definition) is 0. The van der Waals surface area contributed by atoms with Crippen LogP contribution < -0.4 is 9.80 Å². The first-order valence-electron chi connectivity index (χ1n) is 21.6. The normalized spacial score (nSPS) is 11.5.